The van der Waals surface area contributed by atoms with E-state index in [-0.39, 0.29) is 37.2 Å². The molecule has 10 nitrogen and oxygen atoms in total. The SMILES string of the molecule is CC#CC1=CC([C@H]2C[C@@H](OP(C)OCCC#N)[C@@H](COC(c3ccccc3)(c3ccc(OC)cc3)c3ccc(OC)cc3)O2)c2cc(N=CCC)[nH]c(=O)c21. The summed E-state index contributed by atoms with van der Waals surface area (Å²) < 4.78 is 37.9. The molecule has 5 atom stereocenters. The lowest BCUT2D eigenvalue weighted by Gasteiger charge is -2.37. The average Bonchev–Trinajstić information content (AvgIpc) is 3.79. The molecule has 11 heteroatoms. The van der Waals surface area contributed by atoms with Crippen LogP contribution in [0.5, 0.6) is 11.5 Å². The van der Waals surface area contributed by atoms with Crippen molar-refractivity contribution in [2.45, 2.75) is 62.9 Å². The summed E-state index contributed by atoms with van der Waals surface area (Å²) in [5, 5.41) is 9.11. The number of rotatable bonds is 16. The topological polar surface area (TPSA) is 124 Å². The molecule has 2 unspecified atom stereocenters. The van der Waals surface area contributed by atoms with E-state index < -0.39 is 26.2 Å². The van der Waals surface area contributed by atoms with Crippen LogP contribution in [0.4, 0.5) is 5.82 Å². The van der Waals surface area contributed by atoms with Gasteiger partial charge in [-0.15, -0.1) is 5.92 Å². The Hall–Kier alpha value is -5.06. The van der Waals surface area contributed by atoms with Crippen LogP contribution < -0.4 is 15.0 Å². The zero-order valence-electron chi connectivity index (χ0n) is 31.8. The monoisotopic (exact) mass is 759 g/mol. The van der Waals surface area contributed by atoms with Crippen LogP contribution in [0.3, 0.4) is 0 Å². The summed E-state index contributed by atoms with van der Waals surface area (Å²) in [4.78, 5) is 20.9. The standard InChI is InChI=1S/C44H46N3O7P/c1-6-12-30-26-36(37-27-41(46-24-7-2)47-43(48)42(30)37)38-28-39(54-55(5)52-25-11-23-45)40(53-38)29-51-44(31-13-9-8-10-14-31,32-15-19-34(49-3)20-16-32)33-17-21-35(50-4)22-18-33/h8-10,13-22,24,26-27,36,38-40H,7,11,25,28-29H2,1-5H3,(H,47,48)/t36?,38-,39-,40-,55?/m1/s1. The summed E-state index contributed by atoms with van der Waals surface area (Å²) in [5.74, 6) is 7.75. The molecule has 6 rings (SSSR count). The predicted octanol–water partition coefficient (Wildman–Crippen LogP) is 8.43. The van der Waals surface area contributed by atoms with Crippen molar-refractivity contribution < 1.29 is 28.0 Å². The van der Waals surface area contributed by atoms with Crippen LogP contribution >= 0.6 is 8.38 Å². The van der Waals surface area contributed by atoms with Gasteiger partial charge in [0, 0.05) is 30.8 Å². The average molecular weight is 760 g/mol. The van der Waals surface area contributed by atoms with Crippen LogP contribution in [-0.2, 0) is 24.1 Å². The maximum absolute atomic E-state index is 13.5. The van der Waals surface area contributed by atoms with Gasteiger partial charge in [0.15, 0.2) is 8.38 Å². The number of allylic oxidation sites excluding steroid dienone is 1. The number of nitriles is 1. The molecule has 0 spiro atoms. The normalized spacial score (nSPS) is 19.6. The number of hydrogen-bond acceptors (Lipinski definition) is 9. The number of benzene rings is 3. The highest BCUT2D eigenvalue weighted by Gasteiger charge is 2.46. The Morgan fingerprint density at radius 1 is 1.00 bits per heavy atom. The molecule has 1 aromatic heterocycles. The van der Waals surface area contributed by atoms with Gasteiger partial charge in [0.05, 0.1) is 57.7 Å². The Balaban J connectivity index is 1.40. The molecule has 1 aliphatic heterocycles. The van der Waals surface area contributed by atoms with Gasteiger partial charge in [0.25, 0.3) is 5.56 Å². The molecule has 2 aliphatic rings. The number of nitrogens with one attached hydrogen (secondary N) is 1. The number of pyridine rings is 1. The zero-order chi connectivity index (χ0) is 38.8. The van der Waals surface area contributed by atoms with Crippen molar-refractivity contribution in [1.82, 2.24) is 4.98 Å². The van der Waals surface area contributed by atoms with Gasteiger partial charge >= 0.3 is 0 Å². The van der Waals surface area contributed by atoms with Gasteiger partial charge in [0.2, 0.25) is 0 Å². The van der Waals surface area contributed by atoms with E-state index in [1.165, 1.54) is 0 Å². The van der Waals surface area contributed by atoms with Crippen LogP contribution in [-0.4, -0.2) is 63.6 Å². The van der Waals surface area contributed by atoms with Crippen molar-refractivity contribution in [3.63, 3.8) is 0 Å². The number of aromatic nitrogens is 1. The Morgan fingerprint density at radius 3 is 2.25 bits per heavy atom. The summed E-state index contributed by atoms with van der Waals surface area (Å²) in [6.07, 6.45) is 3.94. The van der Waals surface area contributed by atoms with Gasteiger partial charge < -0.3 is 33.0 Å². The van der Waals surface area contributed by atoms with E-state index >= 15 is 0 Å². The number of hydrogen-bond donors (Lipinski definition) is 1. The third kappa shape index (κ3) is 8.76. The lowest BCUT2D eigenvalue weighted by atomic mass is 9.80. The molecule has 1 saturated heterocycles. The lowest BCUT2D eigenvalue weighted by molar-refractivity contribution is -0.0803. The summed E-state index contributed by atoms with van der Waals surface area (Å²) in [5.41, 5.74) is 3.41. The second-order valence-corrected chi connectivity index (χ2v) is 14.5. The molecule has 4 aromatic rings. The van der Waals surface area contributed by atoms with E-state index in [2.05, 4.69) is 40.0 Å². The fraction of sp³-hybridized carbons (Fsp3) is 0.341. The zero-order valence-corrected chi connectivity index (χ0v) is 32.7. The molecule has 2 heterocycles. The largest absolute Gasteiger partial charge is 0.497 e. The smallest absolute Gasteiger partial charge is 0.258 e. The van der Waals surface area contributed by atoms with E-state index in [9.17, 15) is 4.79 Å². The Bertz CT molecular complexity index is 2090. The molecule has 1 aliphatic carbocycles. The van der Waals surface area contributed by atoms with Crippen molar-refractivity contribution in [2.24, 2.45) is 4.99 Å². The first-order valence-corrected chi connectivity index (χ1v) is 20.0. The second-order valence-electron chi connectivity index (χ2n) is 13.1. The van der Waals surface area contributed by atoms with E-state index in [0.717, 1.165) is 40.2 Å². The lowest BCUT2D eigenvalue weighted by Crippen LogP contribution is -2.38. The summed E-state index contributed by atoms with van der Waals surface area (Å²) in [6.45, 7) is 6.04. The molecular weight excluding hydrogens is 713 g/mol. The summed E-state index contributed by atoms with van der Waals surface area (Å²) in [6, 6.07) is 29.9. The first kappa shape index (κ1) is 39.6. The Labute approximate surface area is 324 Å². The Morgan fingerprint density at radius 2 is 1.65 bits per heavy atom. The fourth-order valence-corrected chi connectivity index (χ4v) is 8.24. The first-order chi connectivity index (χ1) is 26.8. The van der Waals surface area contributed by atoms with Crippen LogP contribution in [0.25, 0.3) is 5.57 Å². The minimum absolute atomic E-state index is 0.141. The number of ether oxygens (including phenoxy) is 4. The molecule has 0 saturated carbocycles. The summed E-state index contributed by atoms with van der Waals surface area (Å²) in [7, 11) is 1.93. The molecule has 0 bridgehead atoms. The second kappa shape index (κ2) is 18.5. The third-order valence-electron chi connectivity index (χ3n) is 9.73. The van der Waals surface area contributed by atoms with Crippen LogP contribution in [0.2, 0.25) is 0 Å². The highest BCUT2D eigenvalue weighted by Crippen LogP contribution is 2.48. The summed E-state index contributed by atoms with van der Waals surface area (Å²) >= 11 is 0. The van der Waals surface area contributed by atoms with Gasteiger partial charge in [0.1, 0.15) is 29.0 Å². The number of aliphatic imine (C=N–C) groups is 1. The fourth-order valence-electron chi connectivity index (χ4n) is 7.22. The maximum atomic E-state index is 13.5. The Kier molecular flexibility index (Phi) is 13.3. The number of aromatic amines is 1. The number of methoxy groups -OCH3 is 2. The van der Waals surface area contributed by atoms with Crippen molar-refractivity contribution in [3.8, 4) is 29.4 Å². The highest BCUT2D eigenvalue weighted by molar-refractivity contribution is 7.46. The van der Waals surface area contributed by atoms with Gasteiger partial charge in [-0.3, -0.25) is 4.79 Å². The minimum atomic E-state index is -1.35. The van der Waals surface area contributed by atoms with Crippen molar-refractivity contribution >= 4 is 26.0 Å². The van der Waals surface area contributed by atoms with Crippen molar-refractivity contribution in [2.75, 3.05) is 34.1 Å². The number of fused-ring (bicyclic) bond motifs is 1. The molecule has 284 valence electrons. The first-order valence-electron chi connectivity index (χ1n) is 18.3. The molecule has 0 radical (unpaired) electrons. The van der Waals surface area contributed by atoms with Crippen LogP contribution in [0, 0.1) is 23.2 Å². The molecule has 3 aromatic carbocycles. The molecule has 1 fully saturated rings. The molecule has 0 amide bonds. The number of H-pyrrole nitrogens is 1. The predicted molar refractivity (Wildman–Crippen MR) is 215 cm³/mol. The maximum Gasteiger partial charge on any atom is 0.258 e. The van der Waals surface area contributed by atoms with Gasteiger partial charge in [-0.05, 0) is 65.9 Å². The third-order valence-corrected chi connectivity index (χ3v) is 10.8. The quantitative estimate of drug-likeness (QED) is 0.0397. The van der Waals surface area contributed by atoms with E-state index in [1.807, 2.05) is 92.5 Å². The van der Waals surface area contributed by atoms with Crippen molar-refractivity contribution in [3.05, 3.63) is 129 Å². The minimum Gasteiger partial charge on any atom is -0.497 e. The highest BCUT2D eigenvalue weighted by atomic mass is 31.2. The van der Waals surface area contributed by atoms with Gasteiger partial charge in [-0.2, -0.15) is 5.26 Å². The van der Waals surface area contributed by atoms with Crippen LogP contribution in [0.15, 0.2) is 101 Å². The van der Waals surface area contributed by atoms with Crippen molar-refractivity contribution in [1.29, 1.82) is 5.26 Å². The molecule has 1 N–H and O–H groups in total. The molecular formula is C44H46N3O7P. The number of nitrogens with zero attached hydrogens (tertiary/aromatic N) is 2. The van der Waals surface area contributed by atoms with Crippen LogP contribution in [0.1, 0.15) is 66.8 Å². The van der Waals surface area contributed by atoms with E-state index in [0.29, 0.717) is 23.4 Å². The van der Waals surface area contributed by atoms with E-state index in [1.54, 1.807) is 27.4 Å². The van der Waals surface area contributed by atoms with Gasteiger partial charge in [-0.1, -0.05) is 73.5 Å². The van der Waals surface area contributed by atoms with E-state index in [4.69, 9.17) is 33.3 Å². The molecule has 55 heavy (non-hydrogen) atoms. The van der Waals surface area contributed by atoms with Gasteiger partial charge in [-0.25, -0.2) is 4.99 Å².